The van der Waals surface area contributed by atoms with Gasteiger partial charge in [-0.05, 0) is 42.0 Å². The van der Waals surface area contributed by atoms with Crippen LogP contribution >= 0.6 is 0 Å². The number of rotatable bonds is 16. The van der Waals surface area contributed by atoms with Gasteiger partial charge in [0, 0.05) is 6.42 Å². The molecule has 0 radical (unpaired) electrons. The summed E-state index contributed by atoms with van der Waals surface area (Å²) in [4.78, 5) is 61.5. The molecule has 0 heterocycles. The van der Waals surface area contributed by atoms with Crippen LogP contribution in [0.5, 0.6) is 5.75 Å². The Morgan fingerprint density at radius 3 is 2.00 bits per heavy atom. The van der Waals surface area contributed by atoms with Gasteiger partial charge in [-0.25, -0.2) is 0 Å². The smallest absolute Gasteiger partial charge is 0.243 e. The molecule has 0 aromatic heterocycles. The van der Waals surface area contributed by atoms with Crippen LogP contribution in [-0.4, -0.2) is 71.4 Å². The van der Waals surface area contributed by atoms with E-state index in [4.69, 9.17) is 0 Å². The van der Waals surface area contributed by atoms with Crippen molar-refractivity contribution in [3.63, 3.8) is 0 Å². The lowest BCUT2D eigenvalue weighted by Gasteiger charge is -2.22. The zero-order valence-corrected chi connectivity index (χ0v) is 22.6. The first-order valence-corrected chi connectivity index (χ1v) is 12.9. The summed E-state index contributed by atoms with van der Waals surface area (Å²) in [5, 5.41) is 28.7. The van der Waals surface area contributed by atoms with Crippen molar-refractivity contribution in [2.75, 3.05) is 13.1 Å². The highest BCUT2D eigenvalue weighted by Crippen LogP contribution is 2.11. The molecule has 0 aliphatic rings. The standard InChI is InChI=1S/C28H37N5O7/c1-18(2)12-24(33-40)28(39)32-23(14-19-6-4-3-5-7-19)27(38)30-15-25(36)29-16-26(37)31-21(17-34)13-20-8-10-22(35)11-9-20/h3-11,17-18,21,23-24,33,35,40H,12-16H2,1-2H3,(H,29,36)(H,30,38)(H,31,37)(H,32,39)/t21?,23-,24?/m0/s1. The fourth-order valence-electron chi connectivity index (χ4n) is 3.83. The maximum atomic E-state index is 12.9. The van der Waals surface area contributed by atoms with Gasteiger partial charge in [0.25, 0.3) is 0 Å². The van der Waals surface area contributed by atoms with Crippen molar-refractivity contribution < 1.29 is 34.3 Å². The fraction of sp³-hybridized carbons (Fsp3) is 0.393. The highest BCUT2D eigenvalue weighted by Gasteiger charge is 2.26. The molecule has 4 amide bonds. The molecule has 216 valence electrons. The van der Waals surface area contributed by atoms with Gasteiger partial charge < -0.3 is 36.4 Å². The number of benzene rings is 2. The van der Waals surface area contributed by atoms with Crippen LogP contribution in [-0.2, 0) is 36.8 Å². The number of amides is 4. The van der Waals surface area contributed by atoms with E-state index in [0.717, 1.165) is 11.1 Å². The van der Waals surface area contributed by atoms with Gasteiger partial charge >= 0.3 is 0 Å². The summed E-state index contributed by atoms with van der Waals surface area (Å²) in [5.41, 5.74) is 3.48. The van der Waals surface area contributed by atoms with Crippen molar-refractivity contribution in [1.82, 2.24) is 26.7 Å². The number of aromatic hydroxyl groups is 1. The molecule has 0 aliphatic heterocycles. The van der Waals surface area contributed by atoms with E-state index in [2.05, 4.69) is 21.3 Å². The van der Waals surface area contributed by atoms with E-state index in [9.17, 15) is 34.3 Å². The lowest BCUT2D eigenvalue weighted by atomic mass is 10.0. The average Bonchev–Trinajstić information content (AvgIpc) is 2.94. The minimum Gasteiger partial charge on any atom is -0.508 e. The van der Waals surface area contributed by atoms with Crippen LogP contribution < -0.4 is 26.7 Å². The third-order valence-electron chi connectivity index (χ3n) is 5.87. The van der Waals surface area contributed by atoms with E-state index in [1.165, 1.54) is 12.1 Å². The van der Waals surface area contributed by atoms with Gasteiger partial charge in [0.1, 0.15) is 24.1 Å². The van der Waals surface area contributed by atoms with Crippen LogP contribution in [0.25, 0.3) is 0 Å². The van der Waals surface area contributed by atoms with E-state index in [-0.39, 0.29) is 24.5 Å². The molecular weight excluding hydrogens is 518 g/mol. The Balaban J connectivity index is 1.88. The molecule has 12 nitrogen and oxygen atoms in total. The second-order valence-electron chi connectivity index (χ2n) is 9.74. The average molecular weight is 556 g/mol. The summed E-state index contributed by atoms with van der Waals surface area (Å²) in [5.74, 6) is -2.25. The SMILES string of the molecule is CC(C)CC(NO)C(=O)N[C@@H](Cc1ccccc1)C(=O)NCC(=O)NCC(=O)NC(C=O)Cc1ccc(O)cc1. The minimum atomic E-state index is -1.03. The minimum absolute atomic E-state index is 0.0801. The Hall–Kier alpha value is -4.29. The van der Waals surface area contributed by atoms with Crippen LogP contribution in [0.2, 0.25) is 0 Å². The molecule has 0 bridgehead atoms. The van der Waals surface area contributed by atoms with Crippen molar-refractivity contribution in [3.8, 4) is 5.75 Å². The number of hydrogen-bond acceptors (Lipinski definition) is 8. The second-order valence-corrected chi connectivity index (χ2v) is 9.74. The molecule has 0 saturated heterocycles. The second kappa shape index (κ2) is 16.6. The maximum Gasteiger partial charge on any atom is 0.243 e. The Kier molecular flexibility index (Phi) is 13.3. The summed E-state index contributed by atoms with van der Waals surface area (Å²) >= 11 is 0. The van der Waals surface area contributed by atoms with Crippen LogP contribution in [0.15, 0.2) is 54.6 Å². The zero-order chi connectivity index (χ0) is 29.5. The number of carbonyl (C=O) groups excluding carboxylic acids is 5. The highest BCUT2D eigenvalue weighted by atomic mass is 16.5. The van der Waals surface area contributed by atoms with Gasteiger partial charge in [-0.15, -0.1) is 0 Å². The first-order chi connectivity index (χ1) is 19.1. The van der Waals surface area contributed by atoms with Crippen LogP contribution in [0.4, 0.5) is 0 Å². The molecule has 0 saturated carbocycles. The molecule has 2 aromatic rings. The topological polar surface area (TPSA) is 186 Å². The van der Waals surface area contributed by atoms with E-state index in [1.54, 1.807) is 36.4 Å². The molecule has 0 spiro atoms. The number of aldehydes is 1. The molecule has 0 aliphatic carbocycles. The van der Waals surface area contributed by atoms with Crippen LogP contribution in [0.1, 0.15) is 31.4 Å². The third-order valence-corrected chi connectivity index (χ3v) is 5.87. The highest BCUT2D eigenvalue weighted by molar-refractivity contribution is 5.93. The molecular formula is C28H37N5O7. The number of hydroxylamine groups is 1. The first kappa shape index (κ1) is 31.9. The van der Waals surface area contributed by atoms with Gasteiger partial charge in [0.2, 0.25) is 23.6 Å². The van der Waals surface area contributed by atoms with Gasteiger partial charge in [0.15, 0.2) is 0 Å². The van der Waals surface area contributed by atoms with Gasteiger partial charge in [0.05, 0.1) is 19.1 Å². The number of nitrogens with one attached hydrogen (secondary N) is 5. The van der Waals surface area contributed by atoms with Gasteiger partial charge in [-0.2, -0.15) is 5.48 Å². The largest absolute Gasteiger partial charge is 0.508 e. The van der Waals surface area contributed by atoms with E-state index in [0.29, 0.717) is 12.7 Å². The van der Waals surface area contributed by atoms with Crippen molar-refractivity contribution in [3.05, 3.63) is 65.7 Å². The molecule has 3 atom stereocenters. The number of carbonyl (C=O) groups is 5. The number of hydrogen-bond donors (Lipinski definition) is 7. The van der Waals surface area contributed by atoms with Crippen LogP contribution in [0.3, 0.4) is 0 Å². The normalized spacial score (nSPS) is 13.0. The Labute approximate surface area is 232 Å². The molecule has 12 heteroatoms. The van der Waals surface area contributed by atoms with Gasteiger partial charge in [-0.1, -0.05) is 56.3 Å². The summed E-state index contributed by atoms with van der Waals surface area (Å²) in [7, 11) is 0. The molecule has 2 aromatic carbocycles. The van der Waals surface area contributed by atoms with Crippen LogP contribution in [0, 0.1) is 5.92 Å². The van der Waals surface area contributed by atoms with Crippen molar-refractivity contribution >= 4 is 29.9 Å². The van der Waals surface area contributed by atoms with E-state index < -0.39 is 54.8 Å². The summed E-state index contributed by atoms with van der Waals surface area (Å²) in [6.07, 6.45) is 1.27. The van der Waals surface area contributed by atoms with E-state index >= 15 is 0 Å². The Morgan fingerprint density at radius 2 is 1.40 bits per heavy atom. The maximum absolute atomic E-state index is 12.9. The number of phenolic OH excluding ortho intramolecular Hbond substituents is 1. The van der Waals surface area contributed by atoms with Crippen molar-refractivity contribution in [2.45, 2.75) is 51.2 Å². The Bertz CT molecular complexity index is 1130. The van der Waals surface area contributed by atoms with Crippen molar-refractivity contribution in [1.29, 1.82) is 0 Å². The predicted molar refractivity (Wildman–Crippen MR) is 146 cm³/mol. The molecule has 7 N–H and O–H groups in total. The van der Waals surface area contributed by atoms with Crippen molar-refractivity contribution in [2.24, 2.45) is 5.92 Å². The monoisotopic (exact) mass is 555 g/mol. The predicted octanol–water partition coefficient (Wildman–Crippen LogP) is -0.0282. The molecule has 2 rings (SSSR count). The lowest BCUT2D eigenvalue weighted by molar-refractivity contribution is -0.132. The zero-order valence-electron chi connectivity index (χ0n) is 22.6. The fourth-order valence-corrected chi connectivity index (χ4v) is 3.83. The number of phenols is 1. The molecule has 40 heavy (non-hydrogen) atoms. The summed E-state index contributed by atoms with van der Waals surface area (Å²) in [6.45, 7) is 2.91. The van der Waals surface area contributed by atoms with Gasteiger partial charge in [-0.3, -0.25) is 19.2 Å². The summed E-state index contributed by atoms with van der Waals surface area (Å²) < 4.78 is 0. The van der Waals surface area contributed by atoms with E-state index in [1.807, 2.05) is 25.4 Å². The first-order valence-electron chi connectivity index (χ1n) is 12.9. The lowest BCUT2D eigenvalue weighted by Crippen LogP contribution is -2.54. The molecule has 2 unspecified atom stereocenters. The molecule has 0 fully saturated rings. The third kappa shape index (κ3) is 11.6. The quantitative estimate of drug-likeness (QED) is 0.111. The Morgan fingerprint density at radius 1 is 0.775 bits per heavy atom. The summed E-state index contributed by atoms with van der Waals surface area (Å²) in [6, 6.07) is 12.4.